The number of unbranched alkanes of at least 4 members (excludes halogenated alkanes) is 29. The maximum atomic E-state index is 5.97. The normalized spacial score (nSPS) is 12.0. The van der Waals surface area contributed by atoms with Crippen molar-refractivity contribution in [2.75, 3.05) is 26.4 Å². The van der Waals surface area contributed by atoms with Gasteiger partial charge in [-0.2, -0.15) is 0 Å². The Morgan fingerprint density at radius 1 is 0.302 bits per heavy atom. The Morgan fingerprint density at radius 2 is 0.488 bits per heavy atom. The monoisotopic (exact) mass is 628 g/mol. The Balaban J connectivity index is 3.24. The van der Waals surface area contributed by atoms with E-state index in [4.69, 9.17) is 19.0 Å². The molecule has 0 radical (unpaired) electrons. The van der Waals surface area contributed by atoms with Gasteiger partial charge < -0.3 is 19.0 Å². The van der Waals surface area contributed by atoms with Crippen LogP contribution in [0, 0.1) is 0 Å². The van der Waals surface area contributed by atoms with Gasteiger partial charge in [0, 0.05) is 25.9 Å². The minimum absolute atomic E-state index is 0.685. The van der Waals surface area contributed by atoms with Crippen LogP contribution < -0.4 is 5.73 Å². The van der Waals surface area contributed by atoms with Crippen molar-refractivity contribution in [2.24, 2.45) is 5.73 Å². The molecule has 0 atom stereocenters. The second-order valence-corrected chi connectivity index (χ2v) is 15.9. The first-order chi connectivity index (χ1) is 21.2. The summed E-state index contributed by atoms with van der Waals surface area (Å²) < 4.78 is 17.9. The van der Waals surface area contributed by atoms with Gasteiger partial charge in [0.1, 0.15) is 0 Å². The van der Waals surface area contributed by atoms with Crippen LogP contribution in [0.2, 0.25) is 6.04 Å². The minimum Gasteiger partial charge on any atom is -0.374 e. The Bertz CT molecular complexity index is 491. The van der Waals surface area contributed by atoms with Crippen molar-refractivity contribution in [3.05, 3.63) is 0 Å². The summed E-state index contributed by atoms with van der Waals surface area (Å²) in [6, 6.07) is 0.972. The van der Waals surface area contributed by atoms with Gasteiger partial charge >= 0.3 is 8.80 Å². The van der Waals surface area contributed by atoms with Crippen molar-refractivity contribution >= 4 is 8.80 Å². The van der Waals surface area contributed by atoms with Crippen LogP contribution in [0.25, 0.3) is 0 Å². The van der Waals surface area contributed by atoms with E-state index in [2.05, 4.69) is 0 Å². The van der Waals surface area contributed by atoms with Crippen LogP contribution >= 0.6 is 0 Å². The van der Waals surface area contributed by atoms with E-state index >= 15 is 0 Å². The van der Waals surface area contributed by atoms with Gasteiger partial charge in [-0.1, -0.05) is 180 Å². The lowest BCUT2D eigenvalue weighted by Crippen LogP contribution is -2.45. The predicted octanol–water partition coefficient (Wildman–Crippen LogP) is 12.7. The highest BCUT2D eigenvalue weighted by Crippen LogP contribution is 2.21. The highest BCUT2D eigenvalue weighted by molar-refractivity contribution is 6.60. The van der Waals surface area contributed by atoms with Crippen LogP contribution in [0.1, 0.15) is 213 Å². The Kier molecular flexibility index (Phi) is 36.6. The number of hydrogen-bond donors (Lipinski definition) is 1. The molecule has 0 spiro atoms. The van der Waals surface area contributed by atoms with E-state index in [1.54, 1.807) is 0 Å². The minimum atomic E-state index is -2.42. The second kappa shape index (κ2) is 36.5. The third-order valence-electron chi connectivity index (χ3n) is 9.03. The van der Waals surface area contributed by atoms with E-state index in [1.807, 2.05) is 20.8 Å². The summed E-state index contributed by atoms with van der Waals surface area (Å²) in [4.78, 5) is 0. The molecular weight excluding hydrogens is 547 g/mol. The number of hydrogen-bond acceptors (Lipinski definition) is 4. The van der Waals surface area contributed by atoms with Crippen molar-refractivity contribution in [1.82, 2.24) is 0 Å². The molecule has 0 rings (SSSR count). The molecule has 0 bridgehead atoms. The first kappa shape index (κ1) is 43.1. The molecule has 0 amide bonds. The van der Waals surface area contributed by atoms with Crippen molar-refractivity contribution in [2.45, 2.75) is 219 Å². The summed E-state index contributed by atoms with van der Waals surface area (Å²) in [5, 5.41) is 0. The maximum absolute atomic E-state index is 5.97. The van der Waals surface area contributed by atoms with Gasteiger partial charge in [0.15, 0.2) is 0 Å². The van der Waals surface area contributed by atoms with Crippen LogP contribution in [0.15, 0.2) is 0 Å². The lowest BCUT2D eigenvalue weighted by molar-refractivity contribution is 0.0706. The quantitative estimate of drug-likeness (QED) is 0.0546. The number of rotatable bonds is 38. The molecular formula is C38H81NO3Si. The lowest BCUT2D eigenvalue weighted by atomic mass is 10.0. The van der Waals surface area contributed by atoms with Crippen LogP contribution in [-0.4, -0.2) is 35.2 Å². The Labute approximate surface area is 273 Å². The average molecular weight is 628 g/mol. The van der Waals surface area contributed by atoms with Gasteiger partial charge in [0.05, 0.1) is 0 Å². The van der Waals surface area contributed by atoms with E-state index in [0.717, 1.165) is 12.6 Å². The zero-order valence-electron chi connectivity index (χ0n) is 30.1. The summed E-state index contributed by atoms with van der Waals surface area (Å²) in [6.45, 7) is 9.05. The highest BCUT2D eigenvalue weighted by Gasteiger charge is 2.39. The molecule has 0 unspecified atom stereocenters. The molecule has 260 valence electrons. The average Bonchev–Trinajstić information content (AvgIpc) is 3.00. The molecule has 2 N–H and O–H groups in total. The van der Waals surface area contributed by atoms with E-state index in [0.29, 0.717) is 19.8 Å². The zero-order valence-corrected chi connectivity index (χ0v) is 31.1. The van der Waals surface area contributed by atoms with Crippen LogP contribution in [0.3, 0.4) is 0 Å². The SMILES string of the molecule is CCO[Si](CCCCCCCCCCCCCCCCCCCCCCCCCCCCCCCCN)(OCC)OCC. The zero-order chi connectivity index (χ0) is 31.4. The van der Waals surface area contributed by atoms with Gasteiger partial charge in [-0.25, -0.2) is 0 Å². The summed E-state index contributed by atoms with van der Waals surface area (Å²) in [6.07, 6.45) is 42.6. The van der Waals surface area contributed by atoms with Crippen molar-refractivity contribution in [3.63, 3.8) is 0 Å². The molecule has 0 aromatic rings. The Morgan fingerprint density at radius 3 is 0.674 bits per heavy atom. The third-order valence-corrected chi connectivity index (χ3v) is 12.2. The van der Waals surface area contributed by atoms with E-state index in [-0.39, 0.29) is 0 Å². The molecule has 43 heavy (non-hydrogen) atoms. The van der Waals surface area contributed by atoms with E-state index in [1.165, 1.54) is 193 Å². The van der Waals surface area contributed by atoms with Crippen molar-refractivity contribution in [1.29, 1.82) is 0 Å². The first-order valence-corrected chi connectivity index (χ1v) is 21.8. The summed E-state index contributed by atoms with van der Waals surface area (Å²) in [5.74, 6) is 0. The maximum Gasteiger partial charge on any atom is 0.500 e. The molecule has 4 nitrogen and oxygen atoms in total. The van der Waals surface area contributed by atoms with Gasteiger partial charge in [-0.05, 0) is 40.2 Å². The standard InChI is InChI=1S/C38H81NO3Si/c1-4-40-43(41-5-2,42-6-3)38-36-34-32-30-28-26-24-22-20-18-16-14-12-10-8-7-9-11-13-15-17-19-21-23-25-27-29-31-33-35-37-39/h4-39H2,1-3H3. The molecule has 0 saturated heterocycles. The predicted molar refractivity (Wildman–Crippen MR) is 193 cm³/mol. The fourth-order valence-electron chi connectivity index (χ4n) is 6.44. The van der Waals surface area contributed by atoms with Crippen LogP contribution in [-0.2, 0) is 13.3 Å². The van der Waals surface area contributed by atoms with Crippen molar-refractivity contribution in [3.8, 4) is 0 Å². The molecule has 0 saturated carbocycles. The molecule has 0 fully saturated rings. The summed E-state index contributed by atoms with van der Waals surface area (Å²) >= 11 is 0. The van der Waals surface area contributed by atoms with Gasteiger partial charge in [0.25, 0.3) is 0 Å². The fourth-order valence-corrected chi connectivity index (χ4v) is 9.12. The highest BCUT2D eigenvalue weighted by atomic mass is 28.4. The second-order valence-electron chi connectivity index (χ2n) is 13.1. The molecule has 0 aromatic heterocycles. The lowest BCUT2D eigenvalue weighted by Gasteiger charge is -2.28. The third kappa shape index (κ3) is 31.8. The molecule has 0 aliphatic heterocycles. The largest absolute Gasteiger partial charge is 0.500 e. The molecule has 0 aliphatic carbocycles. The van der Waals surface area contributed by atoms with Crippen molar-refractivity contribution < 1.29 is 13.3 Å². The topological polar surface area (TPSA) is 53.7 Å². The fraction of sp³-hybridized carbons (Fsp3) is 1.00. The first-order valence-electron chi connectivity index (χ1n) is 19.9. The number of nitrogens with two attached hydrogens (primary N) is 1. The molecule has 0 heterocycles. The molecule has 5 heteroatoms. The van der Waals surface area contributed by atoms with Crippen LogP contribution in [0.5, 0.6) is 0 Å². The van der Waals surface area contributed by atoms with E-state index < -0.39 is 8.80 Å². The van der Waals surface area contributed by atoms with Gasteiger partial charge in [-0.15, -0.1) is 0 Å². The smallest absolute Gasteiger partial charge is 0.374 e. The van der Waals surface area contributed by atoms with Crippen LogP contribution in [0.4, 0.5) is 0 Å². The Hall–Kier alpha value is 0.0569. The summed E-state index contributed by atoms with van der Waals surface area (Å²) in [5.41, 5.74) is 5.55. The van der Waals surface area contributed by atoms with Gasteiger partial charge in [-0.3, -0.25) is 0 Å². The van der Waals surface area contributed by atoms with Gasteiger partial charge in [0.2, 0.25) is 0 Å². The molecule has 0 aliphatic rings. The summed E-state index contributed by atoms with van der Waals surface area (Å²) in [7, 11) is -2.42. The molecule has 0 aromatic carbocycles. The van der Waals surface area contributed by atoms with E-state index in [9.17, 15) is 0 Å².